The Kier molecular flexibility index (Phi) is 6.25. The van der Waals surface area contributed by atoms with Crippen molar-refractivity contribution in [1.82, 2.24) is 5.32 Å². The molecule has 0 radical (unpaired) electrons. The van der Waals surface area contributed by atoms with Gasteiger partial charge in [-0.3, -0.25) is 4.79 Å². The van der Waals surface area contributed by atoms with Gasteiger partial charge in [0.2, 0.25) is 5.91 Å². The lowest BCUT2D eigenvalue weighted by Crippen LogP contribution is -2.68. The molecule has 1 amide bonds. The molecule has 0 saturated carbocycles. The summed E-state index contributed by atoms with van der Waals surface area (Å²) in [6.45, 7) is 10.2. The Morgan fingerprint density at radius 3 is 2.56 bits per heavy atom. The predicted octanol–water partition coefficient (Wildman–Crippen LogP) is 6.00. The molecule has 5 nitrogen and oxygen atoms in total. The molecule has 36 heavy (non-hydrogen) atoms. The van der Waals surface area contributed by atoms with Gasteiger partial charge in [0.25, 0.3) is 0 Å². The fourth-order valence-corrected chi connectivity index (χ4v) is 5.40. The second-order valence-electron chi connectivity index (χ2n) is 10.1. The van der Waals surface area contributed by atoms with Crippen LogP contribution in [0.4, 0.5) is 5.69 Å². The molecule has 3 aromatic rings. The van der Waals surface area contributed by atoms with Gasteiger partial charge in [0.05, 0.1) is 6.61 Å². The second kappa shape index (κ2) is 9.38. The molecule has 1 saturated heterocycles. The van der Waals surface area contributed by atoms with Crippen LogP contribution in [-0.2, 0) is 16.8 Å². The first-order valence-electron chi connectivity index (χ1n) is 12.7. The van der Waals surface area contributed by atoms with Gasteiger partial charge in [-0.1, -0.05) is 74.0 Å². The quantitative estimate of drug-likeness (QED) is 0.449. The average Bonchev–Trinajstić information content (AvgIpc) is 3.07. The maximum atomic E-state index is 12.6. The number of rotatable bonds is 7. The molecule has 2 heterocycles. The third-order valence-electron chi connectivity index (χ3n) is 7.44. The summed E-state index contributed by atoms with van der Waals surface area (Å²) in [6, 6.07) is 22.8. The Hall–Kier alpha value is -3.73. The van der Waals surface area contributed by atoms with Crippen LogP contribution < -0.4 is 19.7 Å². The van der Waals surface area contributed by atoms with Gasteiger partial charge in [0.15, 0.2) is 11.5 Å². The van der Waals surface area contributed by atoms with Crippen molar-refractivity contribution in [2.24, 2.45) is 0 Å². The summed E-state index contributed by atoms with van der Waals surface area (Å²) in [5.74, 6) is 1.50. The lowest BCUT2D eigenvalue weighted by Gasteiger charge is -2.49. The van der Waals surface area contributed by atoms with Crippen LogP contribution in [0.1, 0.15) is 49.4 Å². The van der Waals surface area contributed by atoms with Crippen LogP contribution in [0.25, 0.3) is 6.08 Å². The zero-order valence-electron chi connectivity index (χ0n) is 21.5. The van der Waals surface area contributed by atoms with Crippen LogP contribution in [0.15, 0.2) is 72.8 Å². The Labute approximate surface area is 213 Å². The Balaban J connectivity index is 1.44. The van der Waals surface area contributed by atoms with Gasteiger partial charge >= 0.3 is 0 Å². The van der Waals surface area contributed by atoms with Crippen molar-refractivity contribution in [1.29, 1.82) is 0 Å². The molecule has 0 bridgehead atoms. The van der Waals surface area contributed by atoms with E-state index in [1.165, 1.54) is 16.8 Å². The molecule has 1 atom stereocenters. The normalized spacial score (nSPS) is 20.1. The molecule has 2 aliphatic heterocycles. The average molecular weight is 483 g/mol. The molecule has 5 heteroatoms. The smallest absolute Gasteiger partial charge is 0.223 e. The second-order valence-corrected chi connectivity index (χ2v) is 10.1. The van der Waals surface area contributed by atoms with E-state index in [2.05, 4.69) is 91.7 Å². The zero-order chi connectivity index (χ0) is 25.3. The molecule has 0 aromatic heterocycles. The number of hydrogen-bond donors (Lipinski definition) is 1. The monoisotopic (exact) mass is 482 g/mol. The molecule has 3 aromatic carbocycles. The summed E-state index contributed by atoms with van der Waals surface area (Å²) in [4.78, 5) is 15.0. The zero-order valence-corrected chi connectivity index (χ0v) is 21.5. The number of carbonyl (C=O) groups is 1. The van der Waals surface area contributed by atoms with E-state index in [1.54, 1.807) is 0 Å². The topological polar surface area (TPSA) is 50.8 Å². The van der Waals surface area contributed by atoms with Crippen molar-refractivity contribution < 1.29 is 14.3 Å². The van der Waals surface area contributed by atoms with Crippen LogP contribution in [-0.4, -0.2) is 24.7 Å². The minimum atomic E-state index is -0.640. The van der Waals surface area contributed by atoms with Crippen LogP contribution in [0.2, 0.25) is 0 Å². The molecular formula is C31H34N2O3. The molecule has 1 N–H and O–H groups in total. The fourth-order valence-electron chi connectivity index (χ4n) is 5.40. The third kappa shape index (κ3) is 4.13. The number of fused-ring (bicyclic) bond motifs is 3. The van der Waals surface area contributed by atoms with Gasteiger partial charge in [-0.15, -0.1) is 0 Å². The standard InChI is InChI=1S/C31H34N2O3/c1-5-35-28-20-23(14-15-27(28)36-21-24-12-10-22(2)11-13-24)16-18-31-30(3,4)25-8-6-7-9-26(25)33(31)19-17-29(34)32-31/h6-16,18,20H,5,17,19,21H2,1-4H3,(H,32,34)/t31-/m0/s1. The first kappa shape index (κ1) is 24.0. The lowest BCUT2D eigenvalue weighted by molar-refractivity contribution is -0.124. The van der Waals surface area contributed by atoms with Crippen LogP contribution in [0, 0.1) is 6.92 Å². The highest BCUT2D eigenvalue weighted by Gasteiger charge is 2.57. The van der Waals surface area contributed by atoms with Gasteiger partial charge in [-0.05, 0) is 54.8 Å². The van der Waals surface area contributed by atoms with E-state index in [4.69, 9.17) is 9.47 Å². The Morgan fingerprint density at radius 2 is 1.78 bits per heavy atom. The fraction of sp³-hybridized carbons (Fsp3) is 0.323. The molecule has 0 spiro atoms. The van der Waals surface area contributed by atoms with Crippen molar-refractivity contribution in [3.05, 3.63) is 95.1 Å². The van der Waals surface area contributed by atoms with Gasteiger partial charge in [0, 0.05) is 24.1 Å². The molecule has 0 unspecified atom stereocenters. The van der Waals surface area contributed by atoms with Crippen LogP contribution in [0.5, 0.6) is 11.5 Å². The summed E-state index contributed by atoms with van der Waals surface area (Å²) >= 11 is 0. The summed E-state index contributed by atoms with van der Waals surface area (Å²) in [6.07, 6.45) is 4.71. The number of anilines is 1. The Bertz CT molecular complexity index is 1300. The maximum Gasteiger partial charge on any atom is 0.223 e. The molecular weight excluding hydrogens is 448 g/mol. The van der Waals surface area contributed by atoms with Gasteiger partial charge < -0.3 is 19.7 Å². The number of nitrogens with zero attached hydrogens (tertiary/aromatic N) is 1. The summed E-state index contributed by atoms with van der Waals surface area (Å²) in [7, 11) is 0. The van der Waals surface area contributed by atoms with Crippen molar-refractivity contribution in [3.8, 4) is 11.5 Å². The van der Waals surface area contributed by atoms with E-state index in [9.17, 15) is 4.79 Å². The molecule has 5 rings (SSSR count). The predicted molar refractivity (Wildman–Crippen MR) is 144 cm³/mol. The van der Waals surface area contributed by atoms with Crippen molar-refractivity contribution >= 4 is 17.7 Å². The van der Waals surface area contributed by atoms with E-state index < -0.39 is 5.66 Å². The van der Waals surface area contributed by atoms with Crippen molar-refractivity contribution in [2.75, 3.05) is 18.1 Å². The summed E-state index contributed by atoms with van der Waals surface area (Å²) < 4.78 is 12.0. The highest BCUT2D eigenvalue weighted by Crippen LogP contribution is 2.52. The van der Waals surface area contributed by atoms with E-state index in [1.807, 2.05) is 25.1 Å². The first-order valence-corrected chi connectivity index (χ1v) is 12.7. The first-order chi connectivity index (χ1) is 17.3. The minimum Gasteiger partial charge on any atom is -0.490 e. The minimum absolute atomic E-state index is 0.0756. The molecule has 0 aliphatic carbocycles. The SMILES string of the molecule is CCOc1cc(C=C[C@]23NC(=O)CCN2c2ccccc2C3(C)C)ccc1OCc1ccc(C)cc1. The summed E-state index contributed by atoms with van der Waals surface area (Å²) in [5, 5.41) is 3.34. The van der Waals surface area contributed by atoms with E-state index in [0.717, 1.165) is 11.1 Å². The lowest BCUT2D eigenvalue weighted by atomic mass is 9.74. The van der Waals surface area contributed by atoms with Crippen LogP contribution >= 0.6 is 0 Å². The highest BCUT2D eigenvalue weighted by atomic mass is 16.5. The van der Waals surface area contributed by atoms with Gasteiger partial charge in [-0.25, -0.2) is 0 Å². The van der Waals surface area contributed by atoms with E-state index >= 15 is 0 Å². The van der Waals surface area contributed by atoms with Crippen molar-refractivity contribution in [3.63, 3.8) is 0 Å². The number of nitrogens with one attached hydrogen (secondary N) is 1. The third-order valence-corrected chi connectivity index (χ3v) is 7.44. The number of benzene rings is 3. The van der Waals surface area contributed by atoms with E-state index in [0.29, 0.717) is 37.7 Å². The number of aryl methyl sites for hydroxylation is 1. The van der Waals surface area contributed by atoms with E-state index in [-0.39, 0.29) is 11.3 Å². The van der Waals surface area contributed by atoms with Crippen molar-refractivity contribution in [2.45, 2.75) is 51.8 Å². The maximum absolute atomic E-state index is 12.6. The molecule has 186 valence electrons. The number of para-hydroxylation sites is 1. The number of hydrogen-bond acceptors (Lipinski definition) is 4. The van der Waals surface area contributed by atoms with Gasteiger partial charge in [-0.2, -0.15) is 0 Å². The number of amides is 1. The molecule has 2 aliphatic rings. The number of carbonyl (C=O) groups excluding carboxylic acids is 1. The molecule has 1 fully saturated rings. The number of ether oxygens (including phenoxy) is 2. The largest absolute Gasteiger partial charge is 0.490 e. The van der Waals surface area contributed by atoms with Crippen LogP contribution in [0.3, 0.4) is 0 Å². The summed E-state index contributed by atoms with van der Waals surface area (Å²) in [5.41, 5.74) is 4.80. The highest BCUT2D eigenvalue weighted by molar-refractivity contribution is 5.84. The van der Waals surface area contributed by atoms with Gasteiger partial charge in [0.1, 0.15) is 12.3 Å². The Morgan fingerprint density at radius 1 is 1.00 bits per heavy atom.